The van der Waals surface area contributed by atoms with Gasteiger partial charge in [-0.1, -0.05) is 0 Å². The Kier molecular flexibility index (Phi) is 2.70. The van der Waals surface area contributed by atoms with Crippen molar-refractivity contribution in [3.05, 3.63) is 30.1 Å². The fourth-order valence-electron chi connectivity index (χ4n) is 1.13. The number of H-pyrrole nitrogens is 1. The molecular formula is C9H12N5+. The summed E-state index contributed by atoms with van der Waals surface area (Å²) >= 11 is 0. The molecule has 2 rings (SSSR count). The molecule has 0 aromatic carbocycles. The molecule has 0 fully saturated rings. The quantitative estimate of drug-likeness (QED) is 0.482. The smallest absolute Gasteiger partial charge is 0.212 e. The van der Waals surface area contributed by atoms with Crippen LogP contribution in [0.25, 0.3) is 0 Å². The number of hydrazone groups is 1. The molecule has 1 aromatic heterocycles. The van der Waals surface area contributed by atoms with E-state index in [1.807, 2.05) is 24.5 Å². The number of aromatic amines is 1. The maximum atomic E-state index is 4.14. The van der Waals surface area contributed by atoms with Crippen LogP contribution in [0.2, 0.25) is 0 Å². The zero-order valence-electron chi connectivity index (χ0n) is 7.70. The third kappa shape index (κ3) is 2.29. The van der Waals surface area contributed by atoms with Crippen molar-refractivity contribution in [2.45, 2.75) is 0 Å². The van der Waals surface area contributed by atoms with Gasteiger partial charge in [0.2, 0.25) is 5.96 Å². The van der Waals surface area contributed by atoms with E-state index in [1.165, 1.54) is 0 Å². The zero-order chi connectivity index (χ0) is 9.64. The normalized spacial score (nSPS) is 15.3. The molecule has 1 aliphatic heterocycles. The molecule has 0 saturated carbocycles. The molecule has 0 bridgehead atoms. The van der Waals surface area contributed by atoms with Gasteiger partial charge in [0.25, 0.3) is 0 Å². The topological polar surface area (TPSA) is 62.9 Å². The summed E-state index contributed by atoms with van der Waals surface area (Å²) in [6, 6.07) is 3.89. The highest BCUT2D eigenvalue weighted by Crippen LogP contribution is 1.87. The average molecular weight is 190 g/mol. The third-order valence-corrected chi connectivity index (χ3v) is 1.79. The Morgan fingerprint density at radius 2 is 2.64 bits per heavy atom. The lowest BCUT2D eigenvalue weighted by molar-refractivity contribution is -0.378. The Hall–Kier alpha value is -1.91. The first-order valence-electron chi connectivity index (χ1n) is 4.49. The molecule has 0 spiro atoms. The Labute approximate surface area is 82.0 Å². The SMILES string of the molecule is C(=N/NC1=NCCN1)/c1ccc[nH+]c1. The maximum absolute atomic E-state index is 4.14. The second-order valence-electron chi connectivity index (χ2n) is 2.86. The van der Waals surface area contributed by atoms with Crippen LogP contribution < -0.4 is 15.7 Å². The van der Waals surface area contributed by atoms with Crippen molar-refractivity contribution in [1.82, 2.24) is 10.7 Å². The first-order valence-corrected chi connectivity index (χ1v) is 4.49. The Morgan fingerprint density at radius 1 is 1.64 bits per heavy atom. The Bertz CT molecular complexity index is 343. The number of guanidine groups is 1. The van der Waals surface area contributed by atoms with E-state index >= 15 is 0 Å². The number of aliphatic imine (C=N–C) groups is 1. The van der Waals surface area contributed by atoms with Gasteiger partial charge in [-0.05, 0) is 6.07 Å². The Balaban J connectivity index is 1.88. The number of aromatic nitrogens is 1. The van der Waals surface area contributed by atoms with Crippen LogP contribution in [-0.2, 0) is 0 Å². The highest BCUT2D eigenvalue weighted by Gasteiger charge is 2.01. The van der Waals surface area contributed by atoms with Gasteiger partial charge in [-0.2, -0.15) is 5.10 Å². The number of pyridine rings is 1. The van der Waals surface area contributed by atoms with Gasteiger partial charge >= 0.3 is 0 Å². The van der Waals surface area contributed by atoms with E-state index in [9.17, 15) is 0 Å². The summed E-state index contributed by atoms with van der Waals surface area (Å²) in [6.07, 6.45) is 5.46. The Morgan fingerprint density at radius 3 is 3.36 bits per heavy atom. The lowest BCUT2D eigenvalue weighted by Crippen LogP contribution is -2.30. The van der Waals surface area contributed by atoms with Crippen LogP contribution in [0.3, 0.4) is 0 Å². The highest BCUT2D eigenvalue weighted by atomic mass is 15.4. The monoisotopic (exact) mass is 190 g/mol. The number of rotatable bonds is 2. The molecule has 0 amide bonds. The number of nitrogens with zero attached hydrogens (tertiary/aromatic N) is 2. The van der Waals surface area contributed by atoms with Gasteiger partial charge in [0.15, 0.2) is 12.4 Å². The lowest BCUT2D eigenvalue weighted by atomic mass is 10.3. The van der Waals surface area contributed by atoms with Crippen molar-refractivity contribution < 1.29 is 4.98 Å². The van der Waals surface area contributed by atoms with Gasteiger partial charge in [0.05, 0.1) is 18.3 Å². The number of hydrogen-bond donors (Lipinski definition) is 2. The largest absolute Gasteiger partial charge is 0.353 e. The summed E-state index contributed by atoms with van der Waals surface area (Å²) in [5.41, 5.74) is 3.84. The molecule has 0 aliphatic carbocycles. The maximum Gasteiger partial charge on any atom is 0.212 e. The standard InChI is InChI=1S/C9H11N5/c1-2-8(6-10-3-1)7-13-14-9-11-4-5-12-9/h1-3,6-7H,4-5H2,(H2,11,12,14)/p+1/b13-7-. The van der Waals surface area contributed by atoms with Crippen LogP contribution in [0.1, 0.15) is 5.56 Å². The van der Waals surface area contributed by atoms with E-state index in [0.717, 1.165) is 24.6 Å². The van der Waals surface area contributed by atoms with Crippen molar-refractivity contribution in [2.75, 3.05) is 13.1 Å². The first kappa shape index (κ1) is 8.68. The number of nitrogens with one attached hydrogen (secondary N) is 3. The van der Waals surface area contributed by atoms with Crippen molar-refractivity contribution in [3.63, 3.8) is 0 Å². The summed E-state index contributed by atoms with van der Waals surface area (Å²) in [4.78, 5) is 7.11. The van der Waals surface area contributed by atoms with Crippen molar-refractivity contribution in [2.24, 2.45) is 10.1 Å². The van der Waals surface area contributed by atoms with Crippen LogP contribution in [0.4, 0.5) is 0 Å². The lowest BCUT2D eigenvalue weighted by Gasteiger charge is -1.97. The van der Waals surface area contributed by atoms with Crippen LogP contribution >= 0.6 is 0 Å². The van der Waals surface area contributed by atoms with Crippen LogP contribution in [0.15, 0.2) is 34.6 Å². The molecule has 0 saturated heterocycles. The average Bonchev–Trinajstić information content (AvgIpc) is 2.72. The summed E-state index contributed by atoms with van der Waals surface area (Å²) in [5.74, 6) is 0.737. The van der Waals surface area contributed by atoms with Gasteiger partial charge < -0.3 is 5.32 Å². The fraction of sp³-hybridized carbons (Fsp3) is 0.222. The minimum Gasteiger partial charge on any atom is -0.353 e. The van der Waals surface area contributed by atoms with Crippen LogP contribution in [-0.4, -0.2) is 25.3 Å². The molecule has 14 heavy (non-hydrogen) atoms. The van der Waals surface area contributed by atoms with Crippen LogP contribution in [0.5, 0.6) is 0 Å². The summed E-state index contributed by atoms with van der Waals surface area (Å²) < 4.78 is 0. The summed E-state index contributed by atoms with van der Waals surface area (Å²) in [7, 11) is 0. The van der Waals surface area contributed by atoms with E-state index in [-0.39, 0.29) is 0 Å². The van der Waals surface area contributed by atoms with Gasteiger partial charge in [-0.3, -0.25) is 0 Å². The van der Waals surface area contributed by atoms with Gasteiger partial charge in [0, 0.05) is 12.6 Å². The zero-order valence-corrected chi connectivity index (χ0v) is 7.70. The minimum atomic E-state index is 0.737. The molecule has 2 heterocycles. The second-order valence-corrected chi connectivity index (χ2v) is 2.86. The molecule has 0 unspecified atom stereocenters. The molecule has 5 nitrogen and oxygen atoms in total. The van der Waals surface area contributed by atoms with Gasteiger partial charge in [-0.15, -0.1) is 0 Å². The fourth-order valence-corrected chi connectivity index (χ4v) is 1.13. The molecule has 0 atom stereocenters. The van der Waals surface area contributed by atoms with E-state index in [0.29, 0.717) is 0 Å². The van der Waals surface area contributed by atoms with E-state index < -0.39 is 0 Å². The minimum absolute atomic E-state index is 0.737. The predicted molar refractivity (Wildman–Crippen MR) is 54.0 cm³/mol. The number of hydrogen-bond acceptors (Lipinski definition) is 4. The molecule has 5 heteroatoms. The molecule has 72 valence electrons. The summed E-state index contributed by atoms with van der Waals surface area (Å²) in [5, 5.41) is 7.10. The second kappa shape index (κ2) is 4.36. The summed E-state index contributed by atoms with van der Waals surface area (Å²) in [6.45, 7) is 1.70. The molecule has 0 radical (unpaired) electrons. The molecular weight excluding hydrogens is 178 g/mol. The van der Waals surface area contributed by atoms with Gasteiger partial charge in [0.1, 0.15) is 0 Å². The highest BCUT2D eigenvalue weighted by molar-refractivity contribution is 5.84. The van der Waals surface area contributed by atoms with Crippen molar-refractivity contribution in [3.8, 4) is 0 Å². The molecule has 1 aliphatic rings. The third-order valence-electron chi connectivity index (χ3n) is 1.79. The van der Waals surface area contributed by atoms with Crippen molar-refractivity contribution >= 4 is 12.2 Å². The van der Waals surface area contributed by atoms with Gasteiger partial charge in [-0.25, -0.2) is 15.4 Å². The van der Waals surface area contributed by atoms with Crippen molar-refractivity contribution in [1.29, 1.82) is 0 Å². The van der Waals surface area contributed by atoms with E-state index in [2.05, 4.69) is 25.8 Å². The van der Waals surface area contributed by atoms with Crippen LogP contribution in [0, 0.1) is 0 Å². The first-order chi connectivity index (χ1) is 6.95. The van der Waals surface area contributed by atoms with E-state index in [4.69, 9.17) is 0 Å². The van der Waals surface area contributed by atoms with E-state index in [1.54, 1.807) is 6.21 Å². The molecule has 1 aromatic rings. The predicted octanol–water partition coefficient (Wildman–Crippen LogP) is -0.617. The molecule has 3 N–H and O–H groups in total.